The van der Waals surface area contributed by atoms with E-state index in [2.05, 4.69) is 85.3 Å². The molecule has 1 heterocycles. The van der Waals surface area contributed by atoms with Crippen molar-refractivity contribution in [3.63, 3.8) is 0 Å². The summed E-state index contributed by atoms with van der Waals surface area (Å²) in [6, 6.07) is 8.91. The summed E-state index contributed by atoms with van der Waals surface area (Å²) in [6.07, 6.45) is 7.77. The highest BCUT2D eigenvalue weighted by atomic mass is 32.1. The van der Waals surface area contributed by atoms with Crippen LogP contribution in [0.3, 0.4) is 0 Å². The van der Waals surface area contributed by atoms with Gasteiger partial charge in [-0.3, -0.25) is 0 Å². The molecule has 1 fully saturated rings. The fourth-order valence-corrected chi connectivity index (χ4v) is 5.57. The average molecular weight is 458 g/mol. The second-order valence-electron chi connectivity index (χ2n) is 9.17. The van der Waals surface area contributed by atoms with E-state index in [1.165, 1.54) is 28.7 Å². The van der Waals surface area contributed by atoms with Crippen molar-refractivity contribution in [2.75, 3.05) is 20.6 Å². The third-order valence-electron chi connectivity index (χ3n) is 6.35. The molecule has 0 spiro atoms. The van der Waals surface area contributed by atoms with Gasteiger partial charge in [-0.1, -0.05) is 55.8 Å². The zero-order valence-electron chi connectivity index (χ0n) is 20.4. The number of rotatable bonds is 8. The molecule has 4 nitrogen and oxygen atoms in total. The molecule has 0 aliphatic heterocycles. The van der Waals surface area contributed by atoms with Crippen LogP contribution in [0.25, 0.3) is 6.08 Å². The van der Waals surface area contributed by atoms with E-state index < -0.39 is 0 Å². The highest BCUT2D eigenvalue weighted by Crippen LogP contribution is 2.55. The van der Waals surface area contributed by atoms with Crippen LogP contribution in [0.15, 0.2) is 35.7 Å². The fourth-order valence-electron chi connectivity index (χ4n) is 4.30. The summed E-state index contributed by atoms with van der Waals surface area (Å²) in [5.74, 6) is 1.56. The molecule has 2 aliphatic carbocycles. The van der Waals surface area contributed by atoms with Gasteiger partial charge in [0.25, 0.3) is 0 Å². The van der Waals surface area contributed by atoms with Gasteiger partial charge in [-0.25, -0.2) is 4.79 Å². The number of nitrogens with one attached hydrogen (secondary N) is 2. The predicted molar refractivity (Wildman–Crippen MR) is 142 cm³/mol. The molecule has 3 unspecified atom stereocenters. The summed E-state index contributed by atoms with van der Waals surface area (Å²) in [4.78, 5) is 16.2. The topological polar surface area (TPSA) is 44.4 Å². The second-order valence-corrected chi connectivity index (χ2v) is 10.1. The summed E-state index contributed by atoms with van der Waals surface area (Å²) < 4.78 is 0. The highest BCUT2D eigenvalue weighted by Gasteiger charge is 2.41. The summed E-state index contributed by atoms with van der Waals surface area (Å²) in [5.41, 5.74) is 5.35. The minimum absolute atomic E-state index is 0. The number of nitrogens with zero attached hydrogens (tertiary/aromatic N) is 1. The molecule has 4 rings (SSSR count). The molecule has 0 bridgehead atoms. The van der Waals surface area contributed by atoms with Crippen LogP contribution >= 0.6 is 11.3 Å². The summed E-state index contributed by atoms with van der Waals surface area (Å²) in [7, 11) is 4.14. The van der Waals surface area contributed by atoms with Crippen LogP contribution in [-0.2, 0) is 12.8 Å². The number of carbonyl (C=O) groups is 1. The first-order chi connectivity index (χ1) is 15.4. The average Bonchev–Trinajstić information content (AvgIpc) is 3.47. The molecular weight excluding hydrogens is 414 g/mol. The molecule has 178 valence electrons. The lowest BCUT2D eigenvalue weighted by atomic mass is 9.99. The van der Waals surface area contributed by atoms with Gasteiger partial charge in [0.05, 0.1) is 0 Å². The van der Waals surface area contributed by atoms with Gasteiger partial charge in [-0.15, -0.1) is 11.3 Å². The number of amides is 2. The van der Waals surface area contributed by atoms with Crippen LogP contribution in [0.1, 0.15) is 63.1 Å². The number of thiophene rings is 1. The molecule has 4 atom stereocenters. The molecule has 32 heavy (non-hydrogen) atoms. The molecule has 2 N–H and O–H groups in total. The Morgan fingerprint density at radius 1 is 1.22 bits per heavy atom. The lowest BCUT2D eigenvalue weighted by molar-refractivity contribution is 0.229. The highest BCUT2D eigenvalue weighted by molar-refractivity contribution is 7.10. The molecule has 1 saturated carbocycles. The van der Waals surface area contributed by atoms with E-state index in [-0.39, 0.29) is 21.0 Å². The van der Waals surface area contributed by atoms with Crippen molar-refractivity contribution in [1.82, 2.24) is 15.5 Å². The Labute approximate surface area is 201 Å². The quantitative estimate of drug-likeness (QED) is 0.502. The Balaban J connectivity index is 0.00000141. The van der Waals surface area contributed by atoms with Gasteiger partial charge in [-0.2, -0.15) is 0 Å². The van der Waals surface area contributed by atoms with E-state index in [0.29, 0.717) is 6.54 Å². The van der Waals surface area contributed by atoms with Crippen LogP contribution in [0.2, 0.25) is 0 Å². The van der Waals surface area contributed by atoms with Crippen molar-refractivity contribution >= 4 is 23.4 Å². The van der Waals surface area contributed by atoms with Crippen molar-refractivity contribution < 1.29 is 7.65 Å². The zero-order valence-corrected chi connectivity index (χ0v) is 21.3. The van der Waals surface area contributed by atoms with Crippen LogP contribution < -0.4 is 10.6 Å². The van der Waals surface area contributed by atoms with Crippen LogP contribution in [0.5, 0.6) is 0 Å². The Hall–Kier alpha value is -2.11. The van der Waals surface area contributed by atoms with Gasteiger partial charge in [0.15, 0.2) is 0 Å². The van der Waals surface area contributed by atoms with E-state index in [0.717, 1.165) is 24.7 Å². The Bertz CT molecular complexity index is 926. The lowest BCUT2D eigenvalue weighted by Crippen LogP contribution is -2.47. The van der Waals surface area contributed by atoms with E-state index in [9.17, 15) is 4.79 Å². The number of likely N-dealkylation sites (N-methyl/N-ethyl adjacent to an activating group) is 1. The SMILES string of the molecule is CC.Cc1ccc(C[C@@H](CNC(=O)NC(C)Cc2csc3c2C=CC2CC32)N(C)C)cc1.[HH].[HH]. The van der Waals surface area contributed by atoms with Crippen molar-refractivity contribution in [3.05, 3.63) is 62.9 Å². The first kappa shape index (κ1) is 24.5. The van der Waals surface area contributed by atoms with Crippen molar-refractivity contribution in [1.29, 1.82) is 0 Å². The molecule has 1 aromatic heterocycles. The maximum Gasteiger partial charge on any atom is 0.315 e. The minimum atomic E-state index is -0.0832. The molecule has 2 aliphatic rings. The molecule has 2 aromatic rings. The molecule has 1 aromatic carbocycles. The number of hydrogen-bond donors (Lipinski definition) is 2. The Morgan fingerprint density at radius 2 is 1.94 bits per heavy atom. The van der Waals surface area contributed by atoms with Gasteiger partial charge in [0.1, 0.15) is 0 Å². The van der Waals surface area contributed by atoms with E-state index in [1.54, 1.807) is 4.88 Å². The first-order valence-corrected chi connectivity index (χ1v) is 12.8. The number of fused-ring (bicyclic) bond motifs is 3. The van der Waals surface area contributed by atoms with Crippen LogP contribution in [0, 0.1) is 12.8 Å². The molecule has 0 radical (unpaired) electrons. The van der Waals surface area contributed by atoms with Gasteiger partial charge < -0.3 is 15.5 Å². The maximum absolute atomic E-state index is 12.5. The van der Waals surface area contributed by atoms with E-state index >= 15 is 0 Å². The van der Waals surface area contributed by atoms with Crippen LogP contribution in [0.4, 0.5) is 4.79 Å². The van der Waals surface area contributed by atoms with E-state index in [1.807, 2.05) is 25.2 Å². The summed E-state index contributed by atoms with van der Waals surface area (Å²) in [5, 5.41) is 8.49. The number of aryl methyl sites for hydroxylation is 1. The molecule has 5 heteroatoms. The summed E-state index contributed by atoms with van der Waals surface area (Å²) >= 11 is 1.90. The molecular formula is C27H43N3OS. The third-order valence-corrected chi connectivity index (χ3v) is 7.53. The smallest absolute Gasteiger partial charge is 0.315 e. The number of allylic oxidation sites excluding steroid dienone is 1. The Morgan fingerprint density at radius 3 is 2.62 bits per heavy atom. The summed E-state index contributed by atoms with van der Waals surface area (Å²) in [6.45, 7) is 8.82. The Kier molecular flexibility index (Phi) is 8.55. The van der Waals surface area contributed by atoms with E-state index in [4.69, 9.17) is 0 Å². The third kappa shape index (κ3) is 6.23. The standard InChI is InChI=1S/C25H33N3OS.C2H6.2H2/c1-16-5-7-18(8-6-16)12-21(28(3)4)14-26-25(29)27-17(2)11-20-15-30-24-22(20)10-9-19-13-23(19)24;1-2;;/h5-10,15,17,19,21,23H,11-14H2,1-4H3,(H2,26,27,29);1-2H3;2*1H/t17?,19?,21-,23?;;;/m0.../s1. The number of urea groups is 1. The number of hydrogen-bond acceptors (Lipinski definition) is 3. The van der Waals surface area contributed by atoms with Gasteiger partial charge in [0.2, 0.25) is 0 Å². The second kappa shape index (κ2) is 11.2. The van der Waals surface area contributed by atoms with Gasteiger partial charge in [0, 0.05) is 32.3 Å². The van der Waals surface area contributed by atoms with Crippen molar-refractivity contribution in [2.45, 2.75) is 65.0 Å². The zero-order chi connectivity index (χ0) is 23.3. The minimum Gasteiger partial charge on any atom is -0.337 e. The largest absolute Gasteiger partial charge is 0.337 e. The number of carbonyl (C=O) groups excluding carboxylic acids is 1. The normalized spacial score (nSPS) is 19.8. The number of benzene rings is 1. The van der Waals surface area contributed by atoms with Crippen molar-refractivity contribution in [3.8, 4) is 0 Å². The van der Waals surface area contributed by atoms with Gasteiger partial charge >= 0.3 is 6.03 Å². The first-order valence-electron chi connectivity index (χ1n) is 12.0. The fraction of sp³-hybridized carbons (Fsp3) is 0.519. The predicted octanol–water partition coefficient (Wildman–Crippen LogP) is 6.11. The van der Waals surface area contributed by atoms with Gasteiger partial charge in [-0.05, 0) is 75.2 Å². The molecule has 2 amide bonds. The monoisotopic (exact) mass is 457 g/mol. The maximum atomic E-state index is 12.5. The molecule has 0 saturated heterocycles. The lowest BCUT2D eigenvalue weighted by Gasteiger charge is -2.25. The van der Waals surface area contributed by atoms with Crippen LogP contribution in [-0.4, -0.2) is 43.7 Å². The van der Waals surface area contributed by atoms with Crippen molar-refractivity contribution in [2.24, 2.45) is 5.92 Å².